The molecule has 1 aromatic rings. The van der Waals surface area contributed by atoms with Gasteiger partial charge in [-0.1, -0.05) is 12.1 Å². The number of benzene rings is 1. The number of halogens is 1. The quantitative estimate of drug-likeness (QED) is 0.750. The maximum Gasteiger partial charge on any atom is 0.255 e. The van der Waals surface area contributed by atoms with Crippen LogP contribution in [0.4, 0.5) is 0 Å². The lowest BCUT2D eigenvalue weighted by atomic mass is 9.99. The van der Waals surface area contributed by atoms with E-state index in [0.717, 1.165) is 13.1 Å². The molecule has 0 radical (unpaired) electrons. The van der Waals surface area contributed by atoms with Gasteiger partial charge >= 0.3 is 0 Å². The molecule has 1 atom stereocenters. The van der Waals surface area contributed by atoms with Gasteiger partial charge in [0.15, 0.2) is 0 Å². The zero-order valence-corrected chi connectivity index (χ0v) is 13.8. The number of piperidine rings is 1. The van der Waals surface area contributed by atoms with Crippen molar-refractivity contribution in [3.63, 3.8) is 0 Å². The molecule has 1 heterocycles. The van der Waals surface area contributed by atoms with Crippen LogP contribution < -0.4 is 15.4 Å². The highest BCUT2D eigenvalue weighted by Crippen LogP contribution is 2.18. The standard InChI is InChI=1S/C16H24N2O3.ClH/c1-20-9-10-21-15-7-3-2-6-14(15)16(19)18-12-13-5-4-8-17-11-13;/h2-3,6-7,13,17H,4-5,8-12H2,1H3,(H,18,19);1H. The van der Waals surface area contributed by atoms with Crippen molar-refractivity contribution < 1.29 is 14.3 Å². The molecule has 0 aromatic heterocycles. The lowest BCUT2D eigenvalue weighted by Crippen LogP contribution is -2.38. The van der Waals surface area contributed by atoms with E-state index in [1.54, 1.807) is 13.2 Å². The molecule has 6 heteroatoms. The van der Waals surface area contributed by atoms with Gasteiger partial charge in [0, 0.05) is 13.7 Å². The van der Waals surface area contributed by atoms with Crippen LogP contribution in [-0.2, 0) is 4.74 Å². The highest BCUT2D eigenvalue weighted by Gasteiger charge is 2.16. The number of methoxy groups -OCH3 is 1. The third-order valence-electron chi connectivity index (χ3n) is 3.63. The molecular formula is C16H25ClN2O3. The SMILES string of the molecule is COCCOc1ccccc1C(=O)NCC1CCCNC1.Cl. The number of para-hydroxylation sites is 1. The summed E-state index contributed by atoms with van der Waals surface area (Å²) >= 11 is 0. The van der Waals surface area contributed by atoms with Crippen molar-refractivity contribution in [2.24, 2.45) is 5.92 Å². The highest BCUT2D eigenvalue weighted by molar-refractivity contribution is 5.96. The van der Waals surface area contributed by atoms with Crippen LogP contribution in [0.25, 0.3) is 0 Å². The third kappa shape index (κ3) is 5.83. The molecule has 1 aliphatic rings. The minimum atomic E-state index is -0.0754. The Hall–Kier alpha value is -1.30. The van der Waals surface area contributed by atoms with Crippen LogP contribution in [0.5, 0.6) is 5.75 Å². The van der Waals surface area contributed by atoms with Gasteiger partial charge in [-0.05, 0) is 44.0 Å². The second kappa shape index (κ2) is 10.4. The van der Waals surface area contributed by atoms with Crippen molar-refractivity contribution in [1.82, 2.24) is 10.6 Å². The van der Waals surface area contributed by atoms with Crippen LogP contribution in [-0.4, -0.2) is 45.9 Å². The minimum absolute atomic E-state index is 0. The monoisotopic (exact) mass is 328 g/mol. The molecule has 2 rings (SSSR count). The second-order valence-corrected chi connectivity index (χ2v) is 5.26. The van der Waals surface area contributed by atoms with E-state index in [9.17, 15) is 4.79 Å². The Morgan fingerprint density at radius 3 is 2.91 bits per heavy atom. The molecule has 2 N–H and O–H groups in total. The highest BCUT2D eigenvalue weighted by atomic mass is 35.5. The molecule has 5 nitrogen and oxygen atoms in total. The van der Waals surface area contributed by atoms with E-state index in [4.69, 9.17) is 9.47 Å². The number of hydrogen-bond acceptors (Lipinski definition) is 4. The van der Waals surface area contributed by atoms with E-state index in [1.807, 2.05) is 18.2 Å². The fourth-order valence-electron chi connectivity index (χ4n) is 2.45. The number of hydrogen-bond donors (Lipinski definition) is 2. The first kappa shape index (κ1) is 18.7. The van der Waals surface area contributed by atoms with Crippen LogP contribution in [0.3, 0.4) is 0 Å². The summed E-state index contributed by atoms with van der Waals surface area (Å²) in [5.41, 5.74) is 0.581. The van der Waals surface area contributed by atoms with Crippen LogP contribution in [0, 0.1) is 5.92 Å². The average molecular weight is 329 g/mol. The Kier molecular flexibility index (Phi) is 8.89. The summed E-state index contributed by atoms with van der Waals surface area (Å²) in [5, 5.41) is 6.36. The Morgan fingerprint density at radius 1 is 1.36 bits per heavy atom. The van der Waals surface area contributed by atoms with Gasteiger partial charge in [-0.2, -0.15) is 0 Å². The first-order valence-electron chi connectivity index (χ1n) is 7.51. The molecule has 1 aliphatic heterocycles. The smallest absolute Gasteiger partial charge is 0.255 e. The van der Waals surface area contributed by atoms with E-state index < -0.39 is 0 Å². The van der Waals surface area contributed by atoms with Gasteiger partial charge in [0.1, 0.15) is 12.4 Å². The number of carbonyl (C=O) groups is 1. The molecule has 0 aliphatic carbocycles. The maximum atomic E-state index is 12.3. The number of carbonyl (C=O) groups excluding carboxylic acids is 1. The van der Waals surface area contributed by atoms with E-state index >= 15 is 0 Å². The minimum Gasteiger partial charge on any atom is -0.490 e. The molecule has 1 fully saturated rings. The third-order valence-corrected chi connectivity index (χ3v) is 3.63. The topological polar surface area (TPSA) is 59.6 Å². The van der Waals surface area contributed by atoms with Crippen LogP contribution >= 0.6 is 12.4 Å². The average Bonchev–Trinajstić information content (AvgIpc) is 2.54. The van der Waals surface area contributed by atoms with Gasteiger partial charge in [-0.15, -0.1) is 12.4 Å². The predicted octanol–water partition coefficient (Wildman–Crippen LogP) is 1.86. The largest absolute Gasteiger partial charge is 0.490 e. The second-order valence-electron chi connectivity index (χ2n) is 5.26. The van der Waals surface area contributed by atoms with E-state index in [1.165, 1.54) is 12.8 Å². The Bertz CT molecular complexity index is 451. The van der Waals surface area contributed by atoms with E-state index in [-0.39, 0.29) is 18.3 Å². The molecule has 124 valence electrons. The molecule has 1 saturated heterocycles. The van der Waals surface area contributed by atoms with Crippen molar-refractivity contribution in [3.8, 4) is 5.75 Å². The van der Waals surface area contributed by atoms with Gasteiger partial charge in [0.25, 0.3) is 5.91 Å². The fraction of sp³-hybridized carbons (Fsp3) is 0.562. The normalized spacial score (nSPS) is 17.4. The van der Waals surface area contributed by atoms with Crippen molar-refractivity contribution >= 4 is 18.3 Å². The molecule has 1 aromatic carbocycles. The van der Waals surface area contributed by atoms with Crippen molar-refractivity contribution in [2.45, 2.75) is 12.8 Å². The summed E-state index contributed by atoms with van der Waals surface area (Å²) in [6.07, 6.45) is 2.34. The Balaban J connectivity index is 0.00000242. The number of amides is 1. The lowest BCUT2D eigenvalue weighted by molar-refractivity contribution is 0.0937. The predicted molar refractivity (Wildman–Crippen MR) is 89.0 cm³/mol. The van der Waals surface area contributed by atoms with Crippen molar-refractivity contribution in [1.29, 1.82) is 0 Å². The molecule has 0 spiro atoms. The van der Waals surface area contributed by atoms with Gasteiger partial charge < -0.3 is 20.1 Å². The summed E-state index contributed by atoms with van der Waals surface area (Å²) < 4.78 is 10.6. The van der Waals surface area contributed by atoms with Gasteiger partial charge in [0.2, 0.25) is 0 Å². The number of nitrogens with one attached hydrogen (secondary N) is 2. The first-order valence-corrected chi connectivity index (χ1v) is 7.51. The number of ether oxygens (including phenoxy) is 2. The molecule has 0 saturated carbocycles. The molecule has 0 bridgehead atoms. The fourth-order valence-corrected chi connectivity index (χ4v) is 2.45. The van der Waals surface area contributed by atoms with Gasteiger partial charge in [0.05, 0.1) is 12.2 Å². The van der Waals surface area contributed by atoms with Crippen molar-refractivity contribution in [2.75, 3.05) is 40.0 Å². The summed E-state index contributed by atoms with van der Waals surface area (Å²) in [5.74, 6) is 1.05. The van der Waals surface area contributed by atoms with Gasteiger partial charge in [-0.3, -0.25) is 4.79 Å². The zero-order chi connectivity index (χ0) is 14.9. The summed E-state index contributed by atoms with van der Waals surface area (Å²) in [6, 6.07) is 7.31. The summed E-state index contributed by atoms with van der Waals surface area (Å²) in [4.78, 5) is 12.3. The Labute approximate surface area is 138 Å². The van der Waals surface area contributed by atoms with Crippen LogP contribution in [0.15, 0.2) is 24.3 Å². The summed E-state index contributed by atoms with van der Waals surface area (Å²) in [7, 11) is 1.63. The Morgan fingerprint density at radius 2 is 2.18 bits per heavy atom. The maximum absolute atomic E-state index is 12.3. The summed E-state index contributed by atoms with van der Waals surface area (Å²) in [6.45, 7) is 3.71. The lowest BCUT2D eigenvalue weighted by Gasteiger charge is -2.23. The van der Waals surface area contributed by atoms with Crippen molar-refractivity contribution in [3.05, 3.63) is 29.8 Å². The van der Waals surface area contributed by atoms with Crippen LogP contribution in [0.2, 0.25) is 0 Å². The number of rotatable bonds is 7. The molecule has 22 heavy (non-hydrogen) atoms. The molecule has 1 amide bonds. The van der Waals surface area contributed by atoms with E-state index in [2.05, 4.69) is 10.6 Å². The first-order chi connectivity index (χ1) is 10.3. The van der Waals surface area contributed by atoms with Gasteiger partial charge in [-0.25, -0.2) is 0 Å². The van der Waals surface area contributed by atoms with E-state index in [0.29, 0.717) is 37.0 Å². The molecular weight excluding hydrogens is 304 g/mol. The molecule has 1 unspecified atom stereocenters. The van der Waals surface area contributed by atoms with Crippen LogP contribution in [0.1, 0.15) is 23.2 Å². The zero-order valence-electron chi connectivity index (χ0n) is 13.0.